The van der Waals surface area contributed by atoms with E-state index in [1.807, 2.05) is 37.6 Å². The minimum absolute atomic E-state index is 0.537. The molecule has 0 saturated carbocycles. The molecular weight excluding hydrogens is 268 g/mol. The summed E-state index contributed by atoms with van der Waals surface area (Å²) in [6.45, 7) is 2.59. The van der Waals surface area contributed by atoms with Gasteiger partial charge in [-0.25, -0.2) is 0 Å². The molecule has 3 nitrogen and oxygen atoms in total. The molecule has 0 amide bonds. The Morgan fingerprint density at radius 3 is 2.88 bits per heavy atom. The van der Waals surface area contributed by atoms with E-state index in [0.717, 1.165) is 15.8 Å². The van der Waals surface area contributed by atoms with Crippen molar-refractivity contribution in [3.63, 3.8) is 0 Å². The van der Waals surface area contributed by atoms with E-state index in [9.17, 15) is 0 Å². The quantitative estimate of drug-likeness (QED) is 0.864. The van der Waals surface area contributed by atoms with Gasteiger partial charge in [0.05, 0.1) is 10.7 Å². The maximum absolute atomic E-state index is 5.69. The largest absolute Gasteiger partial charge is 0.488 e. The number of rotatable bonds is 3. The van der Waals surface area contributed by atoms with Gasteiger partial charge in [0.1, 0.15) is 12.4 Å². The summed E-state index contributed by atoms with van der Waals surface area (Å²) in [6.07, 6.45) is 3.75. The zero-order valence-corrected chi connectivity index (χ0v) is 10.9. The summed E-state index contributed by atoms with van der Waals surface area (Å²) in [5, 5.41) is 4.09. The molecule has 0 saturated heterocycles. The Kier molecular flexibility index (Phi) is 3.29. The van der Waals surface area contributed by atoms with Crippen molar-refractivity contribution in [1.29, 1.82) is 0 Å². The molecule has 0 aliphatic heterocycles. The van der Waals surface area contributed by atoms with Gasteiger partial charge in [0.25, 0.3) is 0 Å². The SMILES string of the molecule is Cc1ccc(OCc2cnn(C)c2)c(Br)c1. The molecule has 16 heavy (non-hydrogen) atoms. The van der Waals surface area contributed by atoms with Crippen molar-refractivity contribution >= 4 is 15.9 Å². The number of aryl methyl sites for hydroxylation is 2. The number of benzene rings is 1. The molecule has 0 radical (unpaired) electrons. The van der Waals surface area contributed by atoms with Crippen LogP contribution in [-0.4, -0.2) is 9.78 Å². The van der Waals surface area contributed by atoms with Gasteiger partial charge in [0, 0.05) is 18.8 Å². The Morgan fingerprint density at radius 1 is 1.44 bits per heavy atom. The molecule has 0 spiro atoms. The standard InChI is InChI=1S/C12H13BrN2O/c1-9-3-4-12(11(13)5-9)16-8-10-6-14-15(2)7-10/h3-7H,8H2,1-2H3. The lowest BCUT2D eigenvalue weighted by atomic mass is 10.2. The van der Waals surface area contributed by atoms with Crippen LogP contribution in [0.1, 0.15) is 11.1 Å². The highest BCUT2D eigenvalue weighted by Crippen LogP contribution is 2.26. The first-order valence-electron chi connectivity index (χ1n) is 5.01. The first kappa shape index (κ1) is 11.2. The lowest BCUT2D eigenvalue weighted by Crippen LogP contribution is -1.95. The Balaban J connectivity index is 2.04. The van der Waals surface area contributed by atoms with Gasteiger partial charge in [-0.1, -0.05) is 6.07 Å². The third-order valence-electron chi connectivity index (χ3n) is 2.24. The van der Waals surface area contributed by atoms with Gasteiger partial charge < -0.3 is 4.74 Å². The Hall–Kier alpha value is -1.29. The topological polar surface area (TPSA) is 27.1 Å². The summed E-state index contributed by atoms with van der Waals surface area (Å²) in [6, 6.07) is 6.04. The number of hydrogen-bond acceptors (Lipinski definition) is 2. The van der Waals surface area contributed by atoms with Crippen molar-refractivity contribution in [3.05, 3.63) is 46.2 Å². The normalized spacial score (nSPS) is 10.4. The molecule has 1 aromatic heterocycles. The molecule has 0 fully saturated rings. The van der Waals surface area contributed by atoms with Crippen LogP contribution in [0.2, 0.25) is 0 Å². The van der Waals surface area contributed by atoms with Crippen LogP contribution in [0.3, 0.4) is 0 Å². The first-order chi connectivity index (χ1) is 7.65. The fraction of sp³-hybridized carbons (Fsp3) is 0.250. The Morgan fingerprint density at radius 2 is 2.25 bits per heavy atom. The number of halogens is 1. The third-order valence-corrected chi connectivity index (χ3v) is 2.86. The Bertz CT molecular complexity index is 494. The van der Waals surface area contributed by atoms with E-state index < -0.39 is 0 Å². The number of ether oxygens (including phenoxy) is 1. The monoisotopic (exact) mass is 280 g/mol. The molecule has 1 aromatic carbocycles. The second kappa shape index (κ2) is 4.70. The van der Waals surface area contributed by atoms with E-state index in [1.54, 1.807) is 4.68 Å². The third kappa shape index (κ3) is 2.64. The highest BCUT2D eigenvalue weighted by Gasteiger charge is 2.02. The van der Waals surface area contributed by atoms with Gasteiger partial charge in [0.15, 0.2) is 0 Å². The molecule has 0 bridgehead atoms. The van der Waals surface area contributed by atoms with Gasteiger partial charge in [-0.05, 0) is 40.5 Å². The van der Waals surface area contributed by atoms with Gasteiger partial charge in [0.2, 0.25) is 0 Å². The predicted molar refractivity (Wildman–Crippen MR) is 66.4 cm³/mol. The highest BCUT2D eigenvalue weighted by molar-refractivity contribution is 9.10. The summed E-state index contributed by atoms with van der Waals surface area (Å²) >= 11 is 3.48. The summed E-state index contributed by atoms with van der Waals surface area (Å²) in [4.78, 5) is 0. The molecule has 84 valence electrons. The fourth-order valence-corrected chi connectivity index (χ4v) is 2.04. The lowest BCUT2D eigenvalue weighted by molar-refractivity contribution is 0.304. The zero-order chi connectivity index (χ0) is 11.5. The smallest absolute Gasteiger partial charge is 0.134 e. The van der Waals surface area contributed by atoms with E-state index in [0.29, 0.717) is 6.61 Å². The van der Waals surface area contributed by atoms with E-state index in [-0.39, 0.29) is 0 Å². The minimum Gasteiger partial charge on any atom is -0.488 e. The maximum atomic E-state index is 5.69. The van der Waals surface area contributed by atoms with Crippen LogP contribution in [-0.2, 0) is 13.7 Å². The molecule has 0 aliphatic rings. The summed E-state index contributed by atoms with van der Waals surface area (Å²) in [5.41, 5.74) is 2.27. The van der Waals surface area contributed by atoms with Crippen LogP contribution in [0.15, 0.2) is 35.1 Å². The minimum atomic E-state index is 0.537. The molecular formula is C12H13BrN2O. The van der Waals surface area contributed by atoms with Crippen LogP contribution in [0.5, 0.6) is 5.75 Å². The number of aromatic nitrogens is 2. The highest BCUT2D eigenvalue weighted by atomic mass is 79.9. The second-order valence-corrected chi connectivity index (χ2v) is 4.60. The van der Waals surface area contributed by atoms with E-state index in [2.05, 4.69) is 28.0 Å². The fourth-order valence-electron chi connectivity index (χ4n) is 1.43. The summed E-state index contributed by atoms with van der Waals surface area (Å²) in [7, 11) is 1.89. The van der Waals surface area contributed by atoms with E-state index >= 15 is 0 Å². The van der Waals surface area contributed by atoms with Crippen molar-refractivity contribution in [2.45, 2.75) is 13.5 Å². The van der Waals surface area contributed by atoms with Crippen LogP contribution in [0.4, 0.5) is 0 Å². The van der Waals surface area contributed by atoms with Crippen molar-refractivity contribution in [1.82, 2.24) is 9.78 Å². The van der Waals surface area contributed by atoms with Crippen molar-refractivity contribution in [2.24, 2.45) is 7.05 Å². The second-order valence-electron chi connectivity index (χ2n) is 3.74. The van der Waals surface area contributed by atoms with Crippen molar-refractivity contribution in [2.75, 3.05) is 0 Å². The molecule has 2 aromatic rings. The summed E-state index contributed by atoms with van der Waals surface area (Å²) < 4.78 is 8.44. The van der Waals surface area contributed by atoms with Gasteiger partial charge in [-0.3, -0.25) is 4.68 Å². The van der Waals surface area contributed by atoms with Crippen LogP contribution in [0, 0.1) is 6.92 Å². The van der Waals surface area contributed by atoms with E-state index in [1.165, 1.54) is 5.56 Å². The Labute approximate surface area is 103 Å². The van der Waals surface area contributed by atoms with Crippen LogP contribution >= 0.6 is 15.9 Å². The van der Waals surface area contributed by atoms with Crippen LogP contribution < -0.4 is 4.74 Å². The van der Waals surface area contributed by atoms with Crippen molar-refractivity contribution in [3.8, 4) is 5.75 Å². The molecule has 0 unspecified atom stereocenters. The molecule has 4 heteroatoms. The predicted octanol–water partition coefficient (Wildman–Crippen LogP) is 3.07. The first-order valence-corrected chi connectivity index (χ1v) is 5.81. The van der Waals surface area contributed by atoms with Gasteiger partial charge in [-0.15, -0.1) is 0 Å². The van der Waals surface area contributed by atoms with Gasteiger partial charge >= 0.3 is 0 Å². The average molecular weight is 281 g/mol. The lowest BCUT2D eigenvalue weighted by Gasteiger charge is -2.07. The van der Waals surface area contributed by atoms with E-state index in [4.69, 9.17) is 4.74 Å². The average Bonchev–Trinajstić information content (AvgIpc) is 2.63. The molecule has 0 aliphatic carbocycles. The van der Waals surface area contributed by atoms with Crippen LogP contribution in [0.25, 0.3) is 0 Å². The van der Waals surface area contributed by atoms with Crippen molar-refractivity contribution < 1.29 is 4.74 Å². The number of nitrogens with zero attached hydrogens (tertiary/aromatic N) is 2. The number of hydrogen-bond donors (Lipinski definition) is 0. The summed E-state index contributed by atoms with van der Waals surface area (Å²) in [5.74, 6) is 0.856. The van der Waals surface area contributed by atoms with Gasteiger partial charge in [-0.2, -0.15) is 5.10 Å². The zero-order valence-electron chi connectivity index (χ0n) is 9.27. The molecule has 0 atom stereocenters. The maximum Gasteiger partial charge on any atom is 0.134 e. The molecule has 2 rings (SSSR count). The molecule has 0 N–H and O–H groups in total. The molecule has 1 heterocycles.